The van der Waals surface area contributed by atoms with Crippen molar-refractivity contribution in [1.82, 2.24) is 0 Å². The van der Waals surface area contributed by atoms with Crippen LogP contribution in [-0.2, 0) is 9.53 Å². The summed E-state index contributed by atoms with van der Waals surface area (Å²) in [5, 5.41) is 10.6. The van der Waals surface area contributed by atoms with E-state index in [1.807, 2.05) is 0 Å². The van der Waals surface area contributed by atoms with Crippen LogP contribution < -0.4 is 9.47 Å². The molecule has 1 atom stereocenters. The number of ether oxygens (including phenoxy) is 3. The van der Waals surface area contributed by atoms with Crippen LogP contribution in [0.1, 0.15) is 44.3 Å². The van der Waals surface area contributed by atoms with Gasteiger partial charge in [0.2, 0.25) is 0 Å². The quantitative estimate of drug-likeness (QED) is 0.812. The molecule has 1 aromatic carbocycles. The van der Waals surface area contributed by atoms with Crippen molar-refractivity contribution < 1.29 is 24.1 Å². The van der Waals surface area contributed by atoms with E-state index >= 15 is 0 Å². The SMILES string of the molecule is CCOC(=O)C(O)c1cc(Cl)cc(OC)c1OC1CCCC1. The van der Waals surface area contributed by atoms with Crippen molar-refractivity contribution in [3.05, 3.63) is 22.7 Å². The fourth-order valence-corrected chi connectivity index (χ4v) is 2.81. The molecule has 0 radical (unpaired) electrons. The third kappa shape index (κ3) is 3.84. The van der Waals surface area contributed by atoms with Crippen molar-refractivity contribution in [2.75, 3.05) is 13.7 Å². The number of carbonyl (C=O) groups excluding carboxylic acids is 1. The minimum atomic E-state index is -1.45. The van der Waals surface area contributed by atoms with Gasteiger partial charge < -0.3 is 19.3 Å². The molecule has 1 fully saturated rings. The molecule has 122 valence electrons. The molecule has 5 nitrogen and oxygen atoms in total. The lowest BCUT2D eigenvalue weighted by Crippen LogP contribution is -2.19. The lowest BCUT2D eigenvalue weighted by Gasteiger charge is -2.21. The number of carbonyl (C=O) groups is 1. The second-order valence-corrected chi connectivity index (χ2v) is 5.64. The van der Waals surface area contributed by atoms with Gasteiger partial charge in [0.25, 0.3) is 0 Å². The fourth-order valence-electron chi connectivity index (χ4n) is 2.59. The molecule has 0 heterocycles. The van der Waals surface area contributed by atoms with Crippen LogP contribution in [0.5, 0.6) is 11.5 Å². The lowest BCUT2D eigenvalue weighted by atomic mass is 10.1. The van der Waals surface area contributed by atoms with E-state index in [1.54, 1.807) is 13.0 Å². The van der Waals surface area contributed by atoms with Crippen molar-refractivity contribution in [3.63, 3.8) is 0 Å². The Labute approximate surface area is 135 Å². The number of esters is 1. The number of hydrogen-bond donors (Lipinski definition) is 1. The van der Waals surface area contributed by atoms with Gasteiger partial charge in [-0.05, 0) is 38.7 Å². The maximum absolute atomic E-state index is 11.8. The summed E-state index contributed by atoms with van der Waals surface area (Å²) in [5.41, 5.74) is 0.273. The molecule has 1 aromatic rings. The Morgan fingerprint density at radius 2 is 2.09 bits per heavy atom. The molecule has 0 saturated heterocycles. The first-order chi connectivity index (χ1) is 10.6. The highest BCUT2D eigenvalue weighted by Gasteiger charge is 2.28. The van der Waals surface area contributed by atoms with Crippen LogP contribution in [0, 0.1) is 0 Å². The molecule has 0 amide bonds. The minimum Gasteiger partial charge on any atom is -0.493 e. The van der Waals surface area contributed by atoms with Crippen LogP contribution >= 0.6 is 11.6 Å². The van der Waals surface area contributed by atoms with Crippen molar-refractivity contribution in [2.24, 2.45) is 0 Å². The Hall–Kier alpha value is -1.46. The molecule has 0 aliphatic heterocycles. The van der Waals surface area contributed by atoms with Crippen molar-refractivity contribution in [2.45, 2.75) is 44.8 Å². The van der Waals surface area contributed by atoms with Gasteiger partial charge >= 0.3 is 5.97 Å². The van der Waals surface area contributed by atoms with Gasteiger partial charge in [0.05, 0.1) is 19.8 Å². The molecule has 1 saturated carbocycles. The summed E-state index contributed by atoms with van der Waals surface area (Å²) in [6.45, 7) is 1.87. The normalized spacial score (nSPS) is 16.4. The van der Waals surface area contributed by atoms with Gasteiger partial charge in [-0.25, -0.2) is 4.79 Å². The Morgan fingerprint density at radius 3 is 2.68 bits per heavy atom. The van der Waals surface area contributed by atoms with Crippen LogP contribution in [0.15, 0.2) is 12.1 Å². The predicted octanol–water partition coefficient (Wildman–Crippen LogP) is 3.27. The number of halogens is 1. The van der Waals surface area contributed by atoms with Gasteiger partial charge in [0.15, 0.2) is 17.6 Å². The van der Waals surface area contributed by atoms with Gasteiger partial charge in [-0.3, -0.25) is 0 Å². The van der Waals surface area contributed by atoms with Gasteiger partial charge in [-0.15, -0.1) is 0 Å². The third-order valence-corrected chi connectivity index (χ3v) is 3.88. The largest absolute Gasteiger partial charge is 0.493 e. The first-order valence-electron chi connectivity index (χ1n) is 7.45. The van der Waals surface area contributed by atoms with Gasteiger partial charge in [-0.1, -0.05) is 11.6 Å². The fraction of sp³-hybridized carbons (Fsp3) is 0.562. The van der Waals surface area contributed by atoms with E-state index in [1.165, 1.54) is 13.2 Å². The minimum absolute atomic E-state index is 0.0585. The summed E-state index contributed by atoms with van der Waals surface area (Å²) < 4.78 is 16.1. The van der Waals surface area contributed by atoms with E-state index in [0.717, 1.165) is 25.7 Å². The average molecular weight is 329 g/mol. The van der Waals surface area contributed by atoms with Crippen LogP contribution in [0.2, 0.25) is 5.02 Å². The zero-order valence-corrected chi connectivity index (χ0v) is 13.6. The summed E-state index contributed by atoms with van der Waals surface area (Å²) in [4.78, 5) is 11.8. The molecular formula is C16H21ClO5. The highest BCUT2D eigenvalue weighted by atomic mass is 35.5. The summed E-state index contributed by atoms with van der Waals surface area (Å²) in [6, 6.07) is 3.11. The molecular weight excluding hydrogens is 308 g/mol. The van der Waals surface area contributed by atoms with Crippen molar-refractivity contribution >= 4 is 17.6 Å². The van der Waals surface area contributed by atoms with E-state index in [2.05, 4.69) is 0 Å². The maximum atomic E-state index is 11.8. The van der Waals surface area contributed by atoms with Crippen molar-refractivity contribution in [3.8, 4) is 11.5 Å². The Morgan fingerprint density at radius 1 is 1.41 bits per heavy atom. The van der Waals surface area contributed by atoms with E-state index in [0.29, 0.717) is 16.5 Å². The second kappa shape index (κ2) is 7.70. The molecule has 2 rings (SSSR count). The van der Waals surface area contributed by atoms with E-state index in [4.69, 9.17) is 25.8 Å². The topological polar surface area (TPSA) is 65.0 Å². The number of benzene rings is 1. The monoisotopic (exact) mass is 328 g/mol. The standard InChI is InChI=1S/C16H21ClO5/c1-3-21-16(19)14(18)12-8-10(17)9-13(20-2)15(12)22-11-6-4-5-7-11/h8-9,11,14,18H,3-7H2,1-2H3. The molecule has 1 unspecified atom stereocenters. The third-order valence-electron chi connectivity index (χ3n) is 3.66. The average Bonchev–Trinajstić information content (AvgIpc) is 3.01. The number of hydrogen-bond acceptors (Lipinski definition) is 5. The zero-order valence-electron chi connectivity index (χ0n) is 12.8. The molecule has 0 bridgehead atoms. The number of aliphatic hydroxyl groups excluding tert-OH is 1. The highest BCUT2D eigenvalue weighted by molar-refractivity contribution is 6.30. The van der Waals surface area contributed by atoms with Gasteiger partial charge in [0.1, 0.15) is 0 Å². The molecule has 1 aliphatic carbocycles. The molecule has 22 heavy (non-hydrogen) atoms. The first-order valence-corrected chi connectivity index (χ1v) is 7.83. The summed E-state index contributed by atoms with van der Waals surface area (Å²) in [7, 11) is 1.49. The van der Waals surface area contributed by atoms with Crippen LogP contribution in [0.25, 0.3) is 0 Å². The number of rotatable bonds is 6. The zero-order chi connectivity index (χ0) is 16.1. The summed E-state index contributed by atoms with van der Waals surface area (Å²) in [5.74, 6) is 0.0280. The smallest absolute Gasteiger partial charge is 0.339 e. The van der Waals surface area contributed by atoms with Crippen LogP contribution in [0.3, 0.4) is 0 Å². The van der Waals surface area contributed by atoms with Crippen LogP contribution in [-0.4, -0.2) is 30.9 Å². The second-order valence-electron chi connectivity index (χ2n) is 5.21. The Bertz CT molecular complexity index is 526. The summed E-state index contributed by atoms with van der Waals surface area (Å²) in [6.07, 6.45) is 2.71. The molecule has 0 spiro atoms. The molecule has 1 N–H and O–H groups in total. The van der Waals surface area contributed by atoms with E-state index in [-0.39, 0.29) is 18.3 Å². The van der Waals surface area contributed by atoms with Gasteiger partial charge in [0, 0.05) is 16.7 Å². The molecule has 6 heteroatoms. The predicted molar refractivity (Wildman–Crippen MR) is 82.5 cm³/mol. The van der Waals surface area contributed by atoms with Crippen molar-refractivity contribution in [1.29, 1.82) is 0 Å². The highest BCUT2D eigenvalue weighted by Crippen LogP contribution is 2.40. The number of aliphatic hydroxyl groups is 1. The maximum Gasteiger partial charge on any atom is 0.339 e. The lowest BCUT2D eigenvalue weighted by molar-refractivity contribution is -0.153. The van der Waals surface area contributed by atoms with E-state index < -0.39 is 12.1 Å². The summed E-state index contributed by atoms with van der Waals surface area (Å²) >= 11 is 6.04. The van der Waals surface area contributed by atoms with E-state index in [9.17, 15) is 9.90 Å². The molecule has 0 aromatic heterocycles. The van der Waals surface area contributed by atoms with Crippen LogP contribution in [0.4, 0.5) is 0 Å². The number of methoxy groups -OCH3 is 1. The van der Waals surface area contributed by atoms with Gasteiger partial charge in [-0.2, -0.15) is 0 Å². The Balaban J connectivity index is 2.36. The molecule has 1 aliphatic rings. The Kier molecular flexibility index (Phi) is 5.91. The first kappa shape index (κ1) is 16.9.